The average Bonchev–Trinajstić information content (AvgIpc) is 2.63. The van der Waals surface area contributed by atoms with Crippen molar-refractivity contribution in [2.45, 2.75) is 19.9 Å². The van der Waals surface area contributed by atoms with Crippen LogP contribution in [0.5, 0.6) is 11.6 Å². The maximum absolute atomic E-state index is 12.6. The molecule has 0 unspecified atom stereocenters. The van der Waals surface area contributed by atoms with E-state index in [2.05, 4.69) is 10.2 Å². The van der Waals surface area contributed by atoms with Crippen LogP contribution in [0.2, 0.25) is 0 Å². The minimum atomic E-state index is -0.758. The number of hydrogen-bond donors (Lipinski definition) is 3. The van der Waals surface area contributed by atoms with Crippen LogP contribution in [0.3, 0.4) is 0 Å². The summed E-state index contributed by atoms with van der Waals surface area (Å²) in [6, 6.07) is 4.89. The first-order valence-corrected chi connectivity index (χ1v) is 7.68. The fraction of sp³-hybridized carbons (Fsp3) is 0.250. The number of aliphatic hydroxyl groups excluding tert-OH is 1. The van der Waals surface area contributed by atoms with Gasteiger partial charge in [0.2, 0.25) is 5.88 Å². The Balaban J connectivity index is 2.61. The summed E-state index contributed by atoms with van der Waals surface area (Å²) in [7, 11) is 0. The number of non-ortho nitro benzene ring substituents is 1. The molecular weight excluding hydrogens is 358 g/mol. The molecule has 0 radical (unpaired) electrons. The van der Waals surface area contributed by atoms with Gasteiger partial charge in [-0.05, 0) is 19.4 Å². The summed E-state index contributed by atoms with van der Waals surface area (Å²) in [6.07, 6.45) is 0.156. The molecule has 0 aliphatic heterocycles. The van der Waals surface area contributed by atoms with Crippen molar-refractivity contribution in [3.63, 3.8) is 0 Å². The predicted molar refractivity (Wildman–Crippen MR) is 92.5 cm³/mol. The van der Waals surface area contributed by atoms with Crippen molar-refractivity contribution in [1.29, 1.82) is 5.26 Å². The number of benzene rings is 1. The highest BCUT2D eigenvalue weighted by molar-refractivity contribution is 5.59. The van der Waals surface area contributed by atoms with Crippen LogP contribution >= 0.6 is 0 Å². The number of phenolic OH excluding ortho intramolecular Hbond substituents is 1. The molecule has 2 rings (SSSR count). The molecule has 0 saturated carbocycles. The standard InChI is InChI=1S/C16H15N5O6/c1-9-11(8-17)15(24)20(5-2-6-22)16(25)14(9)19-18-12-7-10(21(26)27)3-4-13(12)23/h3-4,7,22-24H,2,5-6H2,1H3. The first-order valence-electron chi connectivity index (χ1n) is 7.68. The number of aromatic hydroxyl groups is 2. The van der Waals surface area contributed by atoms with E-state index in [1.807, 2.05) is 0 Å². The summed E-state index contributed by atoms with van der Waals surface area (Å²) in [4.78, 5) is 22.7. The van der Waals surface area contributed by atoms with E-state index in [-0.39, 0.29) is 53.5 Å². The summed E-state index contributed by atoms with van der Waals surface area (Å²) in [5.41, 5.74) is -1.73. The lowest BCUT2D eigenvalue weighted by molar-refractivity contribution is -0.384. The molecule has 1 aromatic carbocycles. The van der Waals surface area contributed by atoms with Gasteiger partial charge < -0.3 is 15.3 Å². The van der Waals surface area contributed by atoms with Crippen molar-refractivity contribution in [1.82, 2.24) is 4.57 Å². The Bertz CT molecular complexity index is 1020. The normalized spacial score (nSPS) is 10.9. The molecule has 11 heteroatoms. The summed E-state index contributed by atoms with van der Waals surface area (Å²) in [5, 5.41) is 56.3. The number of hydrogen-bond acceptors (Lipinski definition) is 9. The van der Waals surface area contributed by atoms with Crippen molar-refractivity contribution in [2.75, 3.05) is 6.61 Å². The van der Waals surface area contributed by atoms with Gasteiger partial charge in [-0.15, -0.1) is 10.2 Å². The minimum absolute atomic E-state index is 0.0549. The third kappa shape index (κ3) is 3.91. The highest BCUT2D eigenvalue weighted by atomic mass is 16.6. The highest BCUT2D eigenvalue weighted by Gasteiger charge is 2.19. The summed E-state index contributed by atoms with van der Waals surface area (Å²) in [5.74, 6) is -0.938. The molecule has 0 saturated heterocycles. The lowest BCUT2D eigenvalue weighted by atomic mass is 10.1. The molecule has 0 atom stereocenters. The van der Waals surface area contributed by atoms with E-state index < -0.39 is 16.4 Å². The van der Waals surface area contributed by atoms with Gasteiger partial charge in [0.05, 0.1) is 4.92 Å². The third-order valence-electron chi connectivity index (χ3n) is 3.74. The van der Waals surface area contributed by atoms with Crippen LogP contribution in [0.15, 0.2) is 33.2 Å². The van der Waals surface area contributed by atoms with E-state index in [0.717, 1.165) is 22.8 Å². The molecule has 140 valence electrons. The van der Waals surface area contributed by atoms with E-state index >= 15 is 0 Å². The second-order valence-corrected chi connectivity index (χ2v) is 5.45. The molecule has 0 amide bonds. The molecule has 0 aliphatic carbocycles. The summed E-state index contributed by atoms with van der Waals surface area (Å²) in [6.45, 7) is 1.10. The molecular formula is C16H15N5O6. The average molecular weight is 373 g/mol. The van der Waals surface area contributed by atoms with Gasteiger partial charge in [-0.1, -0.05) is 0 Å². The Morgan fingerprint density at radius 3 is 2.63 bits per heavy atom. The van der Waals surface area contributed by atoms with Crippen molar-refractivity contribution in [2.24, 2.45) is 10.2 Å². The number of aliphatic hydroxyl groups is 1. The molecule has 0 bridgehead atoms. The quantitative estimate of drug-likeness (QED) is 0.395. The number of pyridine rings is 1. The zero-order chi connectivity index (χ0) is 20.1. The second kappa shape index (κ2) is 8.07. The summed E-state index contributed by atoms with van der Waals surface area (Å²) >= 11 is 0. The van der Waals surface area contributed by atoms with Crippen LogP contribution in [-0.2, 0) is 6.54 Å². The first-order chi connectivity index (χ1) is 12.8. The fourth-order valence-corrected chi connectivity index (χ4v) is 2.30. The summed E-state index contributed by atoms with van der Waals surface area (Å²) < 4.78 is 0.878. The number of nitriles is 1. The number of azo groups is 1. The smallest absolute Gasteiger partial charge is 0.281 e. The number of phenols is 1. The molecule has 0 spiro atoms. The van der Waals surface area contributed by atoms with Gasteiger partial charge in [0.1, 0.15) is 23.1 Å². The maximum Gasteiger partial charge on any atom is 0.281 e. The number of rotatable bonds is 6. The molecule has 0 fully saturated rings. The van der Waals surface area contributed by atoms with Gasteiger partial charge in [-0.25, -0.2) is 0 Å². The highest BCUT2D eigenvalue weighted by Crippen LogP contribution is 2.33. The topological polar surface area (TPSA) is 174 Å². The van der Waals surface area contributed by atoms with Crippen LogP contribution in [0.1, 0.15) is 17.5 Å². The van der Waals surface area contributed by atoms with Gasteiger partial charge in [-0.3, -0.25) is 19.5 Å². The maximum atomic E-state index is 12.6. The first kappa shape index (κ1) is 19.5. The second-order valence-electron chi connectivity index (χ2n) is 5.45. The molecule has 27 heavy (non-hydrogen) atoms. The van der Waals surface area contributed by atoms with Crippen molar-refractivity contribution in [3.8, 4) is 17.7 Å². The van der Waals surface area contributed by atoms with E-state index in [9.17, 15) is 30.4 Å². The lowest BCUT2D eigenvalue weighted by Gasteiger charge is -2.12. The van der Waals surface area contributed by atoms with Crippen LogP contribution in [-0.4, -0.2) is 31.4 Å². The third-order valence-corrected chi connectivity index (χ3v) is 3.74. The van der Waals surface area contributed by atoms with Crippen LogP contribution in [0.4, 0.5) is 17.1 Å². The predicted octanol–water partition coefficient (Wildman–Crippen LogP) is 2.15. The van der Waals surface area contributed by atoms with Gasteiger partial charge in [0, 0.05) is 30.8 Å². The van der Waals surface area contributed by atoms with E-state index in [1.165, 1.54) is 6.92 Å². The van der Waals surface area contributed by atoms with Crippen molar-refractivity contribution < 1.29 is 20.2 Å². The van der Waals surface area contributed by atoms with Gasteiger partial charge in [-0.2, -0.15) is 5.26 Å². The fourth-order valence-electron chi connectivity index (χ4n) is 2.30. The Kier molecular flexibility index (Phi) is 5.84. The van der Waals surface area contributed by atoms with E-state index in [4.69, 9.17) is 5.11 Å². The van der Waals surface area contributed by atoms with Crippen LogP contribution < -0.4 is 5.56 Å². The number of aromatic nitrogens is 1. The zero-order valence-electron chi connectivity index (χ0n) is 14.2. The van der Waals surface area contributed by atoms with Crippen LogP contribution in [0.25, 0.3) is 0 Å². The van der Waals surface area contributed by atoms with E-state index in [0.29, 0.717) is 0 Å². The van der Waals surface area contributed by atoms with E-state index in [1.54, 1.807) is 6.07 Å². The van der Waals surface area contributed by atoms with Crippen molar-refractivity contribution in [3.05, 3.63) is 49.8 Å². The molecule has 3 N–H and O–H groups in total. The molecule has 1 heterocycles. The Morgan fingerprint density at radius 1 is 1.33 bits per heavy atom. The number of nitrogens with zero attached hydrogens (tertiary/aromatic N) is 5. The van der Waals surface area contributed by atoms with Crippen LogP contribution in [0, 0.1) is 28.4 Å². The zero-order valence-corrected chi connectivity index (χ0v) is 14.2. The Labute approximate surface area is 152 Å². The SMILES string of the molecule is Cc1c(C#N)c(O)n(CCCO)c(=O)c1N=Nc1cc([N+](=O)[O-])ccc1O. The largest absolute Gasteiger partial charge is 0.506 e. The van der Waals surface area contributed by atoms with Gasteiger partial charge in [0.15, 0.2) is 5.69 Å². The minimum Gasteiger partial charge on any atom is -0.506 e. The molecule has 1 aromatic heterocycles. The molecule has 2 aromatic rings. The number of nitro groups is 1. The Hall–Kier alpha value is -3.78. The Morgan fingerprint density at radius 2 is 2.04 bits per heavy atom. The molecule has 11 nitrogen and oxygen atoms in total. The van der Waals surface area contributed by atoms with Gasteiger partial charge >= 0.3 is 0 Å². The van der Waals surface area contributed by atoms with Crippen molar-refractivity contribution >= 4 is 17.1 Å². The molecule has 0 aliphatic rings. The lowest BCUT2D eigenvalue weighted by Crippen LogP contribution is -2.22. The monoisotopic (exact) mass is 373 g/mol. The number of nitro benzene ring substituents is 1. The van der Waals surface area contributed by atoms with Gasteiger partial charge in [0.25, 0.3) is 11.2 Å².